The molecule has 3 rings (SSSR count). The lowest BCUT2D eigenvalue weighted by atomic mass is 10.0. The number of hydrogen-bond donors (Lipinski definition) is 0. The van der Waals surface area contributed by atoms with E-state index in [-0.39, 0.29) is 0 Å². The molecule has 0 aliphatic rings. The molecule has 0 aliphatic carbocycles. The van der Waals surface area contributed by atoms with Crippen LogP contribution in [0.3, 0.4) is 0 Å². The van der Waals surface area contributed by atoms with Gasteiger partial charge in [0.2, 0.25) is 6.62 Å². The predicted octanol–water partition coefficient (Wildman–Crippen LogP) is 5.26. The van der Waals surface area contributed by atoms with Crippen LogP contribution in [-0.2, 0) is 0 Å². The van der Waals surface area contributed by atoms with E-state index in [1.54, 1.807) is 0 Å². The monoisotopic (exact) mass is 339 g/mol. The summed E-state index contributed by atoms with van der Waals surface area (Å²) in [5.41, 5.74) is 1.34. The van der Waals surface area contributed by atoms with Gasteiger partial charge in [0, 0.05) is 0 Å². The summed E-state index contributed by atoms with van der Waals surface area (Å²) in [5.74, 6) is 0.441. The Morgan fingerprint density at radius 2 is 1.09 bits per heavy atom. The fourth-order valence-corrected chi connectivity index (χ4v) is 7.09. The molecular weight excluding hydrogens is 319 g/mol. The van der Waals surface area contributed by atoms with E-state index >= 15 is 0 Å². The average Bonchev–Trinajstić information content (AvgIpc) is 2.62. The highest BCUT2D eigenvalue weighted by molar-refractivity contribution is 8.15. The summed E-state index contributed by atoms with van der Waals surface area (Å²) in [6.45, 7) is 2.32. The highest BCUT2D eigenvalue weighted by Crippen LogP contribution is 2.61. The number of benzene rings is 3. The quantitative estimate of drug-likeness (QED) is 0.569. The van der Waals surface area contributed by atoms with Crippen molar-refractivity contribution in [3.8, 4) is 0 Å². The molecule has 23 heavy (non-hydrogen) atoms. The molecular formula is C21H21ClP+. The molecule has 0 radical (unpaired) electrons. The van der Waals surface area contributed by atoms with Gasteiger partial charge in [-0.2, -0.15) is 0 Å². The summed E-state index contributed by atoms with van der Waals surface area (Å²) >= 11 is 7.48. The Labute approximate surface area is 144 Å². The molecule has 0 spiro atoms. The van der Waals surface area contributed by atoms with Crippen LogP contribution >= 0.6 is 17.9 Å². The van der Waals surface area contributed by atoms with Gasteiger partial charge in [0.05, 0.1) is 0 Å². The first kappa shape index (κ1) is 16.2. The van der Waals surface area contributed by atoms with Crippen LogP contribution in [0, 0.1) is 0 Å². The van der Waals surface area contributed by atoms with Crippen molar-refractivity contribution in [2.75, 3.05) is 0 Å². The maximum absolute atomic E-state index is 7.48. The van der Waals surface area contributed by atoms with Gasteiger partial charge < -0.3 is 0 Å². The van der Waals surface area contributed by atoms with E-state index in [4.69, 9.17) is 11.2 Å². The molecule has 0 saturated heterocycles. The first-order valence-corrected chi connectivity index (χ1v) is 10.6. The lowest BCUT2D eigenvalue weighted by Crippen LogP contribution is -2.29. The largest absolute Gasteiger partial charge is 0.210 e. The van der Waals surface area contributed by atoms with Gasteiger partial charge in [-0.3, -0.25) is 0 Å². The molecule has 3 aromatic rings. The summed E-state index contributed by atoms with van der Waals surface area (Å²) in [5, 5.41) is 3.69. The Morgan fingerprint density at radius 1 is 0.652 bits per heavy atom. The lowest BCUT2D eigenvalue weighted by Gasteiger charge is -2.22. The van der Waals surface area contributed by atoms with E-state index < -0.39 is 6.62 Å². The first-order chi connectivity index (χ1) is 11.1. The standard InChI is InChI=1S/C21H21ClP/c1-17(2)20-15-9-10-16-21(20)23(22,18-11-5-3-6-12-18)19-13-7-4-8-14-19/h3-17H,1-2H3/q+1. The maximum atomic E-state index is 7.48. The van der Waals surface area contributed by atoms with Crippen LogP contribution in [0.2, 0.25) is 0 Å². The molecule has 0 heterocycles. The molecule has 0 unspecified atom stereocenters. The molecule has 0 saturated carbocycles. The zero-order valence-corrected chi connectivity index (χ0v) is 15.1. The highest BCUT2D eigenvalue weighted by atomic mass is 35.7. The smallest absolute Gasteiger partial charge is 0.0620 e. The molecule has 0 atom stereocenters. The molecule has 0 aliphatic heterocycles. The van der Waals surface area contributed by atoms with Crippen molar-refractivity contribution in [1.82, 2.24) is 0 Å². The van der Waals surface area contributed by atoms with Crippen molar-refractivity contribution < 1.29 is 0 Å². The third-order valence-electron chi connectivity index (χ3n) is 4.11. The van der Waals surface area contributed by atoms with Crippen LogP contribution < -0.4 is 15.9 Å². The summed E-state index contributed by atoms with van der Waals surface area (Å²) in [4.78, 5) is 0. The van der Waals surface area contributed by atoms with Crippen molar-refractivity contribution in [2.24, 2.45) is 0 Å². The minimum Gasteiger partial charge on any atom is -0.0620 e. The zero-order chi connectivity index (χ0) is 16.3. The fraction of sp³-hybridized carbons (Fsp3) is 0.143. The Balaban J connectivity index is 2.30. The first-order valence-electron chi connectivity index (χ1n) is 7.93. The average molecular weight is 340 g/mol. The summed E-state index contributed by atoms with van der Waals surface area (Å²) < 4.78 is 0. The second-order valence-corrected chi connectivity index (χ2v) is 10.2. The minimum atomic E-state index is -2.15. The zero-order valence-electron chi connectivity index (χ0n) is 13.5. The van der Waals surface area contributed by atoms with E-state index in [2.05, 4.69) is 86.6 Å². The van der Waals surface area contributed by atoms with Gasteiger partial charge >= 0.3 is 0 Å². The third kappa shape index (κ3) is 3.07. The predicted molar refractivity (Wildman–Crippen MR) is 105 cm³/mol. The minimum absolute atomic E-state index is 0.441. The Hall–Kier alpha value is -1.62. The molecule has 0 N–H and O–H groups in total. The second kappa shape index (κ2) is 6.87. The summed E-state index contributed by atoms with van der Waals surface area (Å²) in [7, 11) is 0. The van der Waals surface area contributed by atoms with Crippen LogP contribution in [0.25, 0.3) is 0 Å². The van der Waals surface area contributed by atoms with Crippen molar-refractivity contribution in [1.29, 1.82) is 0 Å². The van der Waals surface area contributed by atoms with Crippen molar-refractivity contribution >= 4 is 33.8 Å². The molecule has 0 nitrogen and oxygen atoms in total. The molecule has 0 bridgehead atoms. The van der Waals surface area contributed by atoms with Gasteiger partial charge in [-0.25, -0.2) is 0 Å². The molecule has 2 heteroatoms. The van der Waals surface area contributed by atoms with Crippen LogP contribution in [0.1, 0.15) is 25.3 Å². The van der Waals surface area contributed by atoms with Gasteiger partial charge in [0.1, 0.15) is 27.2 Å². The normalized spacial score (nSPS) is 11.7. The van der Waals surface area contributed by atoms with Gasteiger partial charge in [-0.15, -0.1) is 0 Å². The fourth-order valence-electron chi connectivity index (χ4n) is 2.95. The topological polar surface area (TPSA) is 0 Å². The molecule has 0 fully saturated rings. The van der Waals surface area contributed by atoms with Gasteiger partial charge in [0.25, 0.3) is 0 Å². The summed E-state index contributed by atoms with van der Waals surface area (Å²) in [6, 6.07) is 29.7. The molecule has 0 amide bonds. The molecule has 3 aromatic carbocycles. The van der Waals surface area contributed by atoms with Gasteiger partial charge in [-0.1, -0.05) is 68.4 Å². The van der Waals surface area contributed by atoms with Gasteiger partial charge in [-0.05, 0) is 41.8 Å². The van der Waals surface area contributed by atoms with Crippen molar-refractivity contribution in [2.45, 2.75) is 19.8 Å². The van der Waals surface area contributed by atoms with Crippen molar-refractivity contribution in [3.05, 3.63) is 90.5 Å². The highest BCUT2D eigenvalue weighted by Gasteiger charge is 2.46. The molecule has 0 aromatic heterocycles. The Bertz CT molecular complexity index is 727. The van der Waals surface area contributed by atoms with Crippen LogP contribution in [0.4, 0.5) is 0 Å². The number of hydrogen-bond acceptors (Lipinski definition) is 0. The van der Waals surface area contributed by atoms with E-state index in [0.717, 1.165) is 0 Å². The second-order valence-electron chi connectivity index (χ2n) is 5.97. The van der Waals surface area contributed by atoms with Gasteiger partial charge in [0.15, 0.2) is 0 Å². The SMILES string of the molecule is CC(C)c1ccccc1[P+](Cl)(c1ccccc1)c1ccccc1. The van der Waals surface area contributed by atoms with Crippen LogP contribution in [-0.4, -0.2) is 0 Å². The summed E-state index contributed by atoms with van der Waals surface area (Å²) in [6.07, 6.45) is 0. The van der Waals surface area contributed by atoms with E-state index in [9.17, 15) is 0 Å². The third-order valence-corrected chi connectivity index (χ3v) is 8.92. The van der Waals surface area contributed by atoms with E-state index in [1.165, 1.54) is 21.5 Å². The van der Waals surface area contributed by atoms with Crippen LogP contribution in [0.15, 0.2) is 84.9 Å². The Kier molecular flexibility index (Phi) is 4.85. The lowest BCUT2D eigenvalue weighted by molar-refractivity contribution is 0.873. The van der Waals surface area contributed by atoms with E-state index in [1.807, 2.05) is 12.1 Å². The maximum Gasteiger partial charge on any atom is 0.210 e. The number of halogens is 1. The Morgan fingerprint density at radius 3 is 1.57 bits per heavy atom. The molecule has 116 valence electrons. The van der Waals surface area contributed by atoms with Crippen molar-refractivity contribution in [3.63, 3.8) is 0 Å². The number of rotatable bonds is 4. The van der Waals surface area contributed by atoms with Crippen LogP contribution in [0.5, 0.6) is 0 Å². The van der Waals surface area contributed by atoms with E-state index in [0.29, 0.717) is 5.92 Å².